The molecule has 7 heteroatoms. The number of carbonyl (C=O) groups excluding carboxylic acids is 1. The van der Waals surface area contributed by atoms with Gasteiger partial charge in [0.2, 0.25) is 10.0 Å². The molecule has 1 aromatic carbocycles. The summed E-state index contributed by atoms with van der Waals surface area (Å²) in [6.45, 7) is 10.5. The van der Waals surface area contributed by atoms with E-state index < -0.39 is 10.0 Å². The Morgan fingerprint density at radius 3 is 2.23 bits per heavy atom. The summed E-state index contributed by atoms with van der Waals surface area (Å²) in [6.07, 6.45) is 0. The summed E-state index contributed by atoms with van der Waals surface area (Å²) in [7, 11) is -3.88. The zero-order chi connectivity index (χ0) is 17.1. The minimum atomic E-state index is -3.88. The van der Waals surface area contributed by atoms with E-state index in [0.717, 1.165) is 0 Å². The summed E-state index contributed by atoms with van der Waals surface area (Å²) in [5.74, 6) is -0.173. The van der Waals surface area contributed by atoms with Gasteiger partial charge in [-0.25, -0.2) is 13.6 Å². The molecule has 122 valence electrons. The molecule has 0 aliphatic carbocycles. The maximum Gasteiger partial charge on any atom is 0.254 e. The Morgan fingerprint density at radius 2 is 1.82 bits per heavy atom. The topological polar surface area (TPSA) is 80.5 Å². The van der Waals surface area contributed by atoms with Crippen LogP contribution in [-0.2, 0) is 10.0 Å². The molecule has 1 saturated heterocycles. The minimum absolute atomic E-state index is 0.0192. The summed E-state index contributed by atoms with van der Waals surface area (Å²) in [5.41, 5.74) is 0.476. The van der Waals surface area contributed by atoms with Gasteiger partial charge in [0.25, 0.3) is 5.91 Å². The van der Waals surface area contributed by atoms with Gasteiger partial charge in [0.05, 0.1) is 4.90 Å². The number of halogens is 1. The third-order valence-electron chi connectivity index (χ3n) is 4.99. The number of nitrogens with two attached hydrogens (primary N) is 1. The minimum Gasteiger partial charge on any atom is -0.332 e. The molecule has 1 amide bonds. The number of hydrogen-bond donors (Lipinski definition) is 1. The van der Waals surface area contributed by atoms with Gasteiger partial charge in [-0.3, -0.25) is 4.79 Å². The number of hydrogen-bond acceptors (Lipinski definition) is 3. The Labute approximate surface area is 140 Å². The standard InChI is InChI=1S/C15H21BrN2O3S/c1-9-11(6-10(16)7-12(9)22(17,20)21)13(19)18-8-14(2,3)15(18,4)5/h6-7H,8H2,1-5H3,(H2,17,20,21). The summed E-state index contributed by atoms with van der Waals surface area (Å²) >= 11 is 3.26. The Morgan fingerprint density at radius 1 is 1.27 bits per heavy atom. The van der Waals surface area contributed by atoms with Gasteiger partial charge >= 0.3 is 0 Å². The molecule has 5 nitrogen and oxygen atoms in total. The molecule has 1 heterocycles. The van der Waals surface area contributed by atoms with Crippen molar-refractivity contribution in [2.24, 2.45) is 10.6 Å². The van der Waals surface area contributed by atoms with Crippen molar-refractivity contribution in [2.45, 2.75) is 45.1 Å². The SMILES string of the molecule is Cc1c(C(=O)N2CC(C)(C)C2(C)C)cc(Br)cc1S(N)(=O)=O. The van der Waals surface area contributed by atoms with Crippen LogP contribution >= 0.6 is 15.9 Å². The van der Waals surface area contributed by atoms with Crippen LogP contribution in [0.25, 0.3) is 0 Å². The number of nitrogens with zero attached hydrogens (tertiary/aromatic N) is 1. The fourth-order valence-electron chi connectivity index (χ4n) is 2.70. The van der Waals surface area contributed by atoms with Crippen molar-refractivity contribution in [3.8, 4) is 0 Å². The van der Waals surface area contributed by atoms with Gasteiger partial charge in [-0.05, 0) is 38.5 Å². The van der Waals surface area contributed by atoms with Crippen LogP contribution in [0.5, 0.6) is 0 Å². The lowest BCUT2D eigenvalue weighted by Gasteiger charge is -2.61. The fourth-order valence-corrected chi connectivity index (χ4v) is 4.14. The van der Waals surface area contributed by atoms with Crippen LogP contribution in [0.1, 0.15) is 43.6 Å². The maximum atomic E-state index is 12.9. The van der Waals surface area contributed by atoms with Crippen molar-refractivity contribution in [3.63, 3.8) is 0 Å². The van der Waals surface area contributed by atoms with Gasteiger partial charge in [0.1, 0.15) is 0 Å². The normalized spacial score (nSPS) is 19.7. The Kier molecular flexibility index (Phi) is 3.99. The van der Waals surface area contributed by atoms with Crippen LogP contribution < -0.4 is 5.14 Å². The van der Waals surface area contributed by atoms with Gasteiger partial charge < -0.3 is 4.90 Å². The number of likely N-dealkylation sites (tertiary alicyclic amines) is 1. The van der Waals surface area contributed by atoms with Gasteiger partial charge in [0, 0.05) is 27.5 Å². The Balaban J connectivity index is 2.51. The highest BCUT2D eigenvalue weighted by atomic mass is 79.9. The van der Waals surface area contributed by atoms with E-state index in [4.69, 9.17) is 5.14 Å². The van der Waals surface area contributed by atoms with Crippen LogP contribution in [0.4, 0.5) is 0 Å². The number of sulfonamides is 1. The van der Waals surface area contributed by atoms with Gasteiger partial charge in [-0.1, -0.05) is 29.8 Å². The molecule has 0 radical (unpaired) electrons. The van der Waals surface area contributed by atoms with Crippen molar-refractivity contribution in [1.82, 2.24) is 4.90 Å². The van der Waals surface area contributed by atoms with E-state index in [-0.39, 0.29) is 21.8 Å². The second-order valence-electron chi connectivity index (χ2n) is 6.96. The first-order valence-electron chi connectivity index (χ1n) is 6.94. The smallest absolute Gasteiger partial charge is 0.254 e. The molecular weight excluding hydrogens is 368 g/mol. The number of primary sulfonamides is 1. The van der Waals surface area contributed by atoms with Crippen molar-refractivity contribution >= 4 is 31.9 Å². The molecule has 1 aromatic rings. The summed E-state index contributed by atoms with van der Waals surface area (Å²) < 4.78 is 23.9. The number of rotatable bonds is 2. The van der Waals surface area contributed by atoms with Crippen molar-refractivity contribution in [3.05, 3.63) is 27.7 Å². The van der Waals surface area contributed by atoms with E-state index >= 15 is 0 Å². The van der Waals surface area contributed by atoms with Crippen LogP contribution in [-0.4, -0.2) is 31.3 Å². The number of amides is 1. The Bertz CT molecular complexity index is 754. The molecule has 1 aliphatic rings. The van der Waals surface area contributed by atoms with Crippen molar-refractivity contribution < 1.29 is 13.2 Å². The monoisotopic (exact) mass is 388 g/mol. The molecule has 22 heavy (non-hydrogen) atoms. The highest BCUT2D eigenvalue weighted by Crippen LogP contribution is 2.47. The summed E-state index contributed by atoms with van der Waals surface area (Å²) in [6, 6.07) is 3.07. The molecule has 0 unspecified atom stereocenters. The van der Waals surface area contributed by atoms with E-state index in [0.29, 0.717) is 22.1 Å². The molecule has 1 fully saturated rings. The molecule has 0 atom stereocenters. The maximum absolute atomic E-state index is 12.9. The van der Waals surface area contributed by atoms with E-state index in [2.05, 4.69) is 29.8 Å². The average Bonchev–Trinajstić information content (AvgIpc) is 2.36. The van der Waals surface area contributed by atoms with Crippen LogP contribution in [0.3, 0.4) is 0 Å². The Hall–Kier alpha value is -0.920. The second kappa shape index (κ2) is 5.04. The molecule has 0 aromatic heterocycles. The van der Waals surface area contributed by atoms with E-state index in [1.807, 2.05) is 13.8 Å². The molecule has 0 saturated carbocycles. The molecule has 2 rings (SSSR count). The summed E-state index contributed by atoms with van der Waals surface area (Å²) in [5, 5.41) is 5.24. The molecule has 2 N–H and O–H groups in total. The van der Waals surface area contributed by atoms with Gasteiger partial charge in [-0.15, -0.1) is 0 Å². The van der Waals surface area contributed by atoms with E-state index in [1.54, 1.807) is 17.9 Å². The summed E-state index contributed by atoms with van der Waals surface area (Å²) in [4.78, 5) is 14.6. The van der Waals surface area contributed by atoms with Gasteiger partial charge in [0.15, 0.2) is 0 Å². The van der Waals surface area contributed by atoms with Crippen LogP contribution in [0, 0.1) is 12.3 Å². The third-order valence-corrected chi connectivity index (χ3v) is 6.49. The molecule has 0 bridgehead atoms. The molecule has 0 spiro atoms. The average molecular weight is 389 g/mol. The van der Waals surface area contributed by atoms with Crippen LogP contribution in [0.15, 0.2) is 21.5 Å². The predicted octanol–water partition coefficient (Wildman–Crippen LogP) is 2.67. The fraction of sp³-hybridized carbons (Fsp3) is 0.533. The van der Waals surface area contributed by atoms with Crippen molar-refractivity contribution in [2.75, 3.05) is 6.54 Å². The molecule has 1 aliphatic heterocycles. The lowest BCUT2D eigenvalue weighted by molar-refractivity contribution is -0.0882. The van der Waals surface area contributed by atoms with Crippen molar-refractivity contribution in [1.29, 1.82) is 0 Å². The zero-order valence-electron chi connectivity index (χ0n) is 13.4. The largest absolute Gasteiger partial charge is 0.332 e. The lowest BCUT2D eigenvalue weighted by Crippen LogP contribution is -2.70. The van der Waals surface area contributed by atoms with Gasteiger partial charge in [-0.2, -0.15) is 0 Å². The number of benzene rings is 1. The first kappa shape index (κ1) is 17.4. The zero-order valence-corrected chi connectivity index (χ0v) is 15.8. The third kappa shape index (κ3) is 2.59. The molecular formula is C15H21BrN2O3S. The number of carbonyl (C=O) groups is 1. The van der Waals surface area contributed by atoms with E-state index in [9.17, 15) is 13.2 Å². The second-order valence-corrected chi connectivity index (χ2v) is 9.40. The van der Waals surface area contributed by atoms with Crippen LogP contribution in [0.2, 0.25) is 0 Å². The highest BCUT2D eigenvalue weighted by Gasteiger charge is 2.54. The first-order valence-corrected chi connectivity index (χ1v) is 9.28. The highest BCUT2D eigenvalue weighted by molar-refractivity contribution is 9.10. The predicted molar refractivity (Wildman–Crippen MR) is 89.1 cm³/mol. The quantitative estimate of drug-likeness (QED) is 0.845. The lowest BCUT2D eigenvalue weighted by atomic mass is 9.65. The first-order chi connectivity index (χ1) is 9.79. The van der Waals surface area contributed by atoms with E-state index in [1.165, 1.54) is 6.07 Å².